The number of hydrogen-bond donors (Lipinski definition) is 1. The zero-order valence-electron chi connectivity index (χ0n) is 20.3. The zero-order chi connectivity index (χ0) is 24.7. The monoisotopic (exact) mass is 487 g/mol. The first-order valence-corrected chi connectivity index (χ1v) is 12.2. The number of methoxy groups -OCH3 is 1. The molecule has 0 spiro atoms. The number of aromatic nitrogens is 2. The van der Waals surface area contributed by atoms with Crippen molar-refractivity contribution in [1.29, 1.82) is 0 Å². The molecule has 7 nitrogen and oxygen atoms in total. The molecule has 0 aliphatic carbocycles. The van der Waals surface area contributed by atoms with Gasteiger partial charge in [0.15, 0.2) is 0 Å². The van der Waals surface area contributed by atoms with Crippen molar-refractivity contribution in [2.45, 2.75) is 6.04 Å². The fourth-order valence-corrected chi connectivity index (χ4v) is 4.44. The van der Waals surface area contributed by atoms with Crippen LogP contribution in [0.15, 0.2) is 83.3 Å². The predicted octanol–water partition coefficient (Wildman–Crippen LogP) is 4.39. The Morgan fingerprint density at radius 2 is 1.64 bits per heavy atom. The number of anilines is 1. The van der Waals surface area contributed by atoms with Gasteiger partial charge >= 0.3 is 0 Å². The lowest BCUT2D eigenvalue weighted by Crippen LogP contribution is -2.48. The van der Waals surface area contributed by atoms with Gasteiger partial charge in [-0.05, 0) is 54.1 Å². The van der Waals surface area contributed by atoms with Crippen LogP contribution in [-0.4, -0.2) is 61.5 Å². The molecule has 0 bridgehead atoms. The molecule has 0 saturated carbocycles. The van der Waals surface area contributed by atoms with Crippen molar-refractivity contribution in [2.75, 3.05) is 51.3 Å². The highest BCUT2D eigenvalue weighted by atomic mass is 19.1. The van der Waals surface area contributed by atoms with Crippen LogP contribution in [0.3, 0.4) is 0 Å². The topological polar surface area (TPSA) is 66.7 Å². The van der Waals surface area contributed by atoms with Gasteiger partial charge in [-0.3, -0.25) is 4.90 Å². The van der Waals surface area contributed by atoms with Gasteiger partial charge in [-0.15, -0.1) is 10.2 Å². The molecule has 8 heteroatoms. The van der Waals surface area contributed by atoms with Gasteiger partial charge in [0.05, 0.1) is 7.11 Å². The fraction of sp³-hybridized carbons (Fsp3) is 0.286. The first kappa shape index (κ1) is 24.0. The third-order valence-electron chi connectivity index (χ3n) is 6.50. The maximum atomic E-state index is 13.6. The van der Waals surface area contributed by atoms with E-state index in [4.69, 9.17) is 9.15 Å². The highest BCUT2D eigenvalue weighted by molar-refractivity contribution is 5.52. The number of rotatable bonds is 9. The van der Waals surface area contributed by atoms with Gasteiger partial charge in [-0.2, -0.15) is 0 Å². The van der Waals surface area contributed by atoms with E-state index in [-0.39, 0.29) is 11.9 Å². The van der Waals surface area contributed by atoms with Crippen LogP contribution < -0.4 is 15.0 Å². The second-order valence-electron chi connectivity index (χ2n) is 8.78. The van der Waals surface area contributed by atoms with Crippen LogP contribution in [-0.2, 0) is 0 Å². The third-order valence-corrected chi connectivity index (χ3v) is 6.50. The zero-order valence-corrected chi connectivity index (χ0v) is 20.3. The summed E-state index contributed by atoms with van der Waals surface area (Å²) in [4.78, 5) is 4.84. The molecule has 3 aromatic carbocycles. The standard InChI is InChI=1S/C28H30FN5O2/c1-35-25-13-11-24(12-14-25)34-19-17-33(18-20-34)16-15-30-26(21-7-9-23(29)10-8-21)28-32-31-27(36-28)22-5-3-2-4-6-22/h2-14,26,30H,15-20H2,1H3/t26-/m0/s1. The van der Waals surface area contributed by atoms with Crippen LogP contribution in [0.4, 0.5) is 10.1 Å². The Kier molecular flexibility index (Phi) is 7.54. The largest absolute Gasteiger partial charge is 0.497 e. The molecule has 1 fully saturated rings. The molecule has 2 heterocycles. The molecule has 1 aliphatic rings. The van der Waals surface area contributed by atoms with Gasteiger partial charge < -0.3 is 19.4 Å². The summed E-state index contributed by atoms with van der Waals surface area (Å²) in [5.41, 5.74) is 2.96. The molecule has 36 heavy (non-hydrogen) atoms. The summed E-state index contributed by atoms with van der Waals surface area (Å²) in [5, 5.41) is 12.1. The van der Waals surface area contributed by atoms with Gasteiger partial charge in [-0.1, -0.05) is 30.3 Å². The minimum Gasteiger partial charge on any atom is -0.497 e. The molecule has 1 N–H and O–H groups in total. The van der Waals surface area contributed by atoms with Crippen LogP contribution in [0.5, 0.6) is 5.75 Å². The summed E-state index contributed by atoms with van der Waals surface area (Å²) >= 11 is 0. The van der Waals surface area contributed by atoms with Crippen molar-refractivity contribution in [3.05, 3.63) is 96.1 Å². The highest BCUT2D eigenvalue weighted by Gasteiger charge is 2.22. The molecule has 0 radical (unpaired) electrons. The van der Waals surface area contributed by atoms with E-state index in [1.807, 2.05) is 42.5 Å². The molecule has 1 aromatic heterocycles. The highest BCUT2D eigenvalue weighted by Crippen LogP contribution is 2.25. The Morgan fingerprint density at radius 3 is 2.33 bits per heavy atom. The Balaban J connectivity index is 1.20. The van der Waals surface area contributed by atoms with E-state index < -0.39 is 0 Å². The normalized spacial score (nSPS) is 15.1. The van der Waals surface area contributed by atoms with E-state index in [0.29, 0.717) is 11.8 Å². The lowest BCUT2D eigenvalue weighted by atomic mass is 10.1. The second-order valence-corrected chi connectivity index (χ2v) is 8.78. The fourth-order valence-electron chi connectivity index (χ4n) is 4.44. The third kappa shape index (κ3) is 5.72. The molecule has 0 unspecified atom stereocenters. The minimum atomic E-state index is -0.323. The molecular formula is C28H30FN5O2. The van der Waals surface area contributed by atoms with Crippen LogP contribution in [0, 0.1) is 5.82 Å². The molecule has 1 saturated heterocycles. The van der Waals surface area contributed by atoms with Gasteiger partial charge in [-0.25, -0.2) is 4.39 Å². The maximum absolute atomic E-state index is 13.6. The summed E-state index contributed by atoms with van der Waals surface area (Å²) in [5.74, 6) is 1.53. The lowest BCUT2D eigenvalue weighted by Gasteiger charge is -2.36. The Labute approximate surface area is 210 Å². The van der Waals surface area contributed by atoms with Crippen LogP contribution in [0.2, 0.25) is 0 Å². The van der Waals surface area contributed by atoms with E-state index in [1.54, 1.807) is 19.2 Å². The van der Waals surface area contributed by atoms with Crippen molar-refractivity contribution in [3.63, 3.8) is 0 Å². The quantitative estimate of drug-likeness (QED) is 0.376. The smallest absolute Gasteiger partial charge is 0.247 e. The van der Waals surface area contributed by atoms with Gasteiger partial charge in [0, 0.05) is 50.5 Å². The van der Waals surface area contributed by atoms with Crippen molar-refractivity contribution in [1.82, 2.24) is 20.4 Å². The summed E-state index contributed by atoms with van der Waals surface area (Å²) in [7, 11) is 1.68. The van der Waals surface area contributed by atoms with Crippen molar-refractivity contribution in [3.8, 4) is 17.2 Å². The predicted molar refractivity (Wildman–Crippen MR) is 138 cm³/mol. The van der Waals surface area contributed by atoms with Gasteiger partial charge in [0.25, 0.3) is 0 Å². The number of ether oxygens (including phenoxy) is 1. The van der Waals surface area contributed by atoms with Crippen LogP contribution in [0.1, 0.15) is 17.5 Å². The first-order valence-electron chi connectivity index (χ1n) is 12.2. The summed E-state index contributed by atoms with van der Waals surface area (Å²) in [6.45, 7) is 5.51. The van der Waals surface area contributed by atoms with Crippen molar-refractivity contribution >= 4 is 5.69 Å². The number of nitrogens with one attached hydrogen (secondary N) is 1. The van der Waals surface area contributed by atoms with Crippen molar-refractivity contribution in [2.24, 2.45) is 0 Å². The Morgan fingerprint density at radius 1 is 0.917 bits per heavy atom. The van der Waals surface area contributed by atoms with Gasteiger partial charge in [0.2, 0.25) is 11.8 Å². The molecule has 1 atom stereocenters. The molecule has 4 aromatic rings. The number of benzene rings is 3. The first-order chi connectivity index (χ1) is 17.7. The number of hydrogen-bond acceptors (Lipinski definition) is 7. The number of nitrogens with zero attached hydrogens (tertiary/aromatic N) is 4. The number of piperazine rings is 1. The minimum absolute atomic E-state index is 0.275. The van der Waals surface area contributed by atoms with E-state index in [2.05, 4.69) is 37.4 Å². The van der Waals surface area contributed by atoms with E-state index in [9.17, 15) is 4.39 Å². The maximum Gasteiger partial charge on any atom is 0.247 e. The van der Waals surface area contributed by atoms with Gasteiger partial charge in [0.1, 0.15) is 17.6 Å². The van der Waals surface area contributed by atoms with Crippen molar-refractivity contribution < 1.29 is 13.5 Å². The average molecular weight is 488 g/mol. The lowest BCUT2D eigenvalue weighted by molar-refractivity contribution is 0.253. The molecule has 5 rings (SSSR count). The molecule has 0 amide bonds. The van der Waals surface area contributed by atoms with E-state index in [1.165, 1.54) is 17.8 Å². The summed E-state index contributed by atoms with van der Waals surface area (Å²) in [6.07, 6.45) is 0. The van der Waals surface area contributed by atoms with Crippen LogP contribution >= 0.6 is 0 Å². The Hall–Kier alpha value is -3.75. The second kappa shape index (κ2) is 11.3. The molecule has 1 aliphatic heterocycles. The van der Waals surface area contributed by atoms with E-state index in [0.717, 1.165) is 56.1 Å². The summed E-state index contributed by atoms with van der Waals surface area (Å²) < 4.78 is 24.9. The average Bonchev–Trinajstić information content (AvgIpc) is 3.43. The Bertz CT molecular complexity index is 1220. The molecule has 186 valence electrons. The van der Waals surface area contributed by atoms with Crippen LogP contribution in [0.25, 0.3) is 11.5 Å². The van der Waals surface area contributed by atoms with E-state index >= 15 is 0 Å². The number of halogens is 1. The SMILES string of the molecule is COc1ccc(N2CCN(CCN[C@@H](c3ccc(F)cc3)c3nnc(-c4ccccc4)o3)CC2)cc1. The summed E-state index contributed by atoms with van der Waals surface area (Å²) in [6, 6.07) is 24.0. The molecular weight excluding hydrogens is 457 g/mol.